The van der Waals surface area contributed by atoms with Crippen LogP contribution >= 0.6 is 11.6 Å². The second-order valence-corrected chi connectivity index (χ2v) is 8.17. The van der Waals surface area contributed by atoms with E-state index in [1.807, 2.05) is 0 Å². The number of halogens is 4. The summed E-state index contributed by atoms with van der Waals surface area (Å²) in [6.07, 6.45) is -2.17. The highest BCUT2D eigenvalue weighted by atomic mass is 35.5. The third kappa shape index (κ3) is 3.89. The zero-order valence-electron chi connectivity index (χ0n) is 13.7. The van der Waals surface area contributed by atoms with Crippen molar-refractivity contribution in [3.63, 3.8) is 0 Å². The summed E-state index contributed by atoms with van der Waals surface area (Å²) in [4.78, 5) is -0.0693. The fourth-order valence-electron chi connectivity index (χ4n) is 3.11. The van der Waals surface area contributed by atoms with Crippen molar-refractivity contribution < 1.29 is 21.6 Å². The smallest absolute Gasteiger partial charge is 0.267 e. The molecular formula is C16H17ClF3N3O2S. The van der Waals surface area contributed by atoms with E-state index in [1.165, 1.54) is 16.8 Å². The largest absolute Gasteiger partial charge is 0.435 e. The van der Waals surface area contributed by atoms with Crippen LogP contribution in [0.4, 0.5) is 13.2 Å². The maximum atomic E-state index is 13.2. The summed E-state index contributed by atoms with van der Waals surface area (Å²) < 4.78 is 67.7. The van der Waals surface area contributed by atoms with E-state index in [4.69, 9.17) is 11.6 Å². The van der Waals surface area contributed by atoms with E-state index in [0.29, 0.717) is 25.0 Å². The molecule has 1 aromatic heterocycles. The molecule has 1 aliphatic rings. The molecule has 0 saturated carbocycles. The van der Waals surface area contributed by atoms with E-state index in [0.717, 1.165) is 6.42 Å². The van der Waals surface area contributed by atoms with Gasteiger partial charge in [-0.2, -0.15) is 18.3 Å². The number of fused-ring (bicyclic) bond motifs is 1. The number of nitrogens with zero attached hydrogens (tertiary/aromatic N) is 2. The van der Waals surface area contributed by atoms with Crippen LogP contribution in [-0.4, -0.2) is 24.7 Å². The molecule has 0 radical (unpaired) electrons. The molecular weight excluding hydrogens is 391 g/mol. The molecule has 1 aromatic carbocycles. The Morgan fingerprint density at radius 2 is 1.88 bits per heavy atom. The molecule has 1 N–H and O–H groups in total. The molecule has 26 heavy (non-hydrogen) atoms. The Hall–Kier alpha value is -1.58. The summed E-state index contributed by atoms with van der Waals surface area (Å²) in [7, 11) is -3.85. The molecule has 1 aliphatic carbocycles. The maximum Gasteiger partial charge on any atom is 0.435 e. The number of aromatic nitrogens is 2. The first kappa shape index (κ1) is 19.2. The number of hydrogen-bond donors (Lipinski definition) is 1. The van der Waals surface area contributed by atoms with Crippen molar-refractivity contribution in [2.24, 2.45) is 0 Å². The average molecular weight is 408 g/mol. The number of hydrogen-bond acceptors (Lipinski definition) is 3. The molecule has 10 heteroatoms. The zero-order valence-corrected chi connectivity index (χ0v) is 15.3. The molecule has 0 bridgehead atoms. The molecule has 3 rings (SSSR count). The first-order valence-corrected chi connectivity index (χ1v) is 9.96. The Kier molecular flexibility index (Phi) is 5.32. The van der Waals surface area contributed by atoms with Crippen LogP contribution in [0.2, 0.25) is 5.02 Å². The molecule has 0 atom stereocenters. The van der Waals surface area contributed by atoms with E-state index in [2.05, 4.69) is 9.82 Å². The lowest BCUT2D eigenvalue weighted by Gasteiger charge is -2.15. The van der Waals surface area contributed by atoms with Gasteiger partial charge in [0.25, 0.3) is 0 Å². The first-order valence-electron chi connectivity index (χ1n) is 8.10. The topological polar surface area (TPSA) is 64.0 Å². The van der Waals surface area contributed by atoms with Crippen LogP contribution in [0.3, 0.4) is 0 Å². The number of alkyl halides is 3. The minimum absolute atomic E-state index is 0.0160. The van der Waals surface area contributed by atoms with E-state index < -0.39 is 21.9 Å². The van der Waals surface area contributed by atoms with Crippen LogP contribution in [0.1, 0.15) is 29.8 Å². The standard InChI is InChI=1S/C16H17ClF3N3O2S/c17-12-6-2-4-8-14(12)26(24,25)21-9-10-23-13-7-3-1-5-11(13)15(22-23)16(18,19)20/h2,4,6,8,21H,1,3,5,7,9-10H2. The van der Waals surface area contributed by atoms with Crippen LogP contribution in [0, 0.1) is 0 Å². The van der Waals surface area contributed by atoms with Gasteiger partial charge in [0.05, 0.1) is 11.6 Å². The van der Waals surface area contributed by atoms with Crippen LogP contribution in [-0.2, 0) is 35.6 Å². The van der Waals surface area contributed by atoms with Crippen LogP contribution in [0.5, 0.6) is 0 Å². The van der Waals surface area contributed by atoms with Gasteiger partial charge < -0.3 is 0 Å². The second-order valence-electron chi connectivity index (χ2n) is 6.03. The number of rotatable bonds is 5. The number of benzene rings is 1. The van der Waals surface area contributed by atoms with Gasteiger partial charge in [0.15, 0.2) is 5.69 Å². The maximum absolute atomic E-state index is 13.2. The highest BCUT2D eigenvalue weighted by Crippen LogP contribution is 2.35. The van der Waals surface area contributed by atoms with Crippen LogP contribution in [0.25, 0.3) is 0 Å². The van der Waals surface area contributed by atoms with Gasteiger partial charge in [0, 0.05) is 17.8 Å². The molecule has 2 aromatic rings. The van der Waals surface area contributed by atoms with Gasteiger partial charge in [-0.3, -0.25) is 4.68 Å². The summed E-state index contributed by atoms with van der Waals surface area (Å²) in [6.45, 7) is -0.0684. The summed E-state index contributed by atoms with van der Waals surface area (Å²) >= 11 is 5.89. The predicted molar refractivity (Wildman–Crippen MR) is 90.5 cm³/mol. The third-order valence-corrected chi connectivity index (χ3v) is 6.23. The van der Waals surface area contributed by atoms with E-state index in [-0.39, 0.29) is 28.6 Å². The van der Waals surface area contributed by atoms with E-state index in [1.54, 1.807) is 12.1 Å². The van der Waals surface area contributed by atoms with Gasteiger partial charge in [0.2, 0.25) is 10.0 Å². The van der Waals surface area contributed by atoms with Gasteiger partial charge in [0.1, 0.15) is 4.90 Å². The molecule has 0 saturated heterocycles. The Balaban J connectivity index is 1.77. The Labute approximate surface area is 154 Å². The number of sulfonamides is 1. The molecule has 0 aliphatic heterocycles. The van der Waals surface area contributed by atoms with E-state index in [9.17, 15) is 21.6 Å². The van der Waals surface area contributed by atoms with Crippen molar-refractivity contribution in [2.45, 2.75) is 43.3 Å². The molecule has 0 amide bonds. The Morgan fingerprint density at radius 1 is 1.19 bits per heavy atom. The minimum Gasteiger partial charge on any atom is -0.267 e. The van der Waals surface area contributed by atoms with Crippen molar-refractivity contribution in [1.29, 1.82) is 0 Å². The van der Waals surface area contributed by atoms with Crippen molar-refractivity contribution >= 4 is 21.6 Å². The SMILES string of the molecule is O=S(=O)(NCCn1nc(C(F)(F)F)c2c1CCCC2)c1ccccc1Cl. The average Bonchev–Trinajstić information content (AvgIpc) is 2.94. The van der Waals surface area contributed by atoms with Crippen molar-refractivity contribution in [2.75, 3.05) is 6.54 Å². The molecule has 0 spiro atoms. The Morgan fingerprint density at radius 3 is 2.58 bits per heavy atom. The molecule has 0 fully saturated rings. The third-order valence-electron chi connectivity index (χ3n) is 4.27. The lowest BCUT2D eigenvalue weighted by atomic mass is 9.95. The molecule has 142 valence electrons. The quantitative estimate of drug-likeness (QED) is 0.826. The number of nitrogens with one attached hydrogen (secondary N) is 1. The molecule has 5 nitrogen and oxygen atoms in total. The summed E-state index contributed by atoms with van der Waals surface area (Å²) in [6, 6.07) is 5.97. The summed E-state index contributed by atoms with van der Waals surface area (Å²) in [5.74, 6) is 0. The van der Waals surface area contributed by atoms with Gasteiger partial charge >= 0.3 is 6.18 Å². The lowest BCUT2D eigenvalue weighted by Crippen LogP contribution is -2.28. The predicted octanol–water partition coefficient (Wildman–Crippen LogP) is 3.41. The lowest BCUT2D eigenvalue weighted by molar-refractivity contribution is -0.142. The summed E-state index contributed by atoms with van der Waals surface area (Å²) in [5.41, 5.74) is -0.0839. The highest BCUT2D eigenvalue weighted by molar-refractivity contribution is 7.89. The zero-order chi connectivity index (χ0) is 18.9. The Bertz CT molecular complexity index is 910. The second kappa shape index (κ2) is 7.21. The van der Waals surface area contributed by atoms with E-state index >= 15 is 0 Å². The van der Waals surface area contributed by atoms with Crippen molar-refractivity contribution in [3.8, 4) is 0 Å². The van der Waals surface area contributed by atoms with Gasteiger partial charge in [-0.1, -0.05) is 23.7 Å². The monoisotopic (exact) mass is 407 g/mol. The van der Waals surface area contributed by atoms with Crippen molar-refractivity contribution in [3.05, 3.63) is 46.2 Å². The molecule has 1 heterocycles. The fourth-order valence-corrected chi connectivity index (χ4v) is 4.65. The normalized spacial score (nSPS) is 15.1. The van der Waals surface area contributed by atoms with Gasteiger partial charge in [-0.25, -0.2) is 13.1 Å². The highest BCUT2D eigenvalue weighted by Gasteiger charge is 2.39. The van der Waals surface area contributed by atoms with Gasteiger partial charge in [-0.15, -0.1) is 0 Å². The fraction of sp³-hybridized carbons (Fsp3) is 0.438. The van der Waals surface area contributed by atoms with Crippen molar-refractivity contribution in [1.82, 2.24) is 14.5 Å². The molecule has 0 unspecified atom stereocenters. The summed E-state index contributed by atoms with van der Waals surface area (Å²) in [5, 5.41) is 3.78. The van der Waals surface area contributed by atoms with Crippen LogP contribution < -0.4 is 4.72 Å². The first-order chi connectivity index (χ1) is 12.2. The minimum atomic E-state index is -4.51. The van der Waals surface area contributed by atoms with Gasteiger partial charge in [-0.05, 0) is 37.8 Å². The van der Waals surface area contributed by atoms with Crippen LogP contribution in [0.15, 0.2) is 29.2 Å².